The molecule has 4 rings (SSSR count). The number of hydrogen-bond donors (Lipinski definition) is 1. The molecule has 1 amide bonds. The van der Waals surface area contributed by atoms with Gasteiger partial charge in [-0.15, -0.1) is 21.5 Å². The number of imidazole rings is 1. The summed E-state index contributed by atoms with van der Waals surface area (Å²) < 4.78 is 7.56. The maximum absolute atomic E-state index is 11.9. The number of hydrogen-bond acceptors (Lipinski definition) is 7. The van der Waals surface area contributed by atoms with Crippen LogP contribution in [0.4, 0.5) is 0 Å². The SMILES string of the molecule is O=C(CCc1nnc(-c2ccsc2)o1)NCCc1cn2ccsc2n1. The number of carbonyl (C=O) groups is 1. The Bertz CT molecular complexity index is 941. The number of carbonyl (C=O) groups excluding carboxylic acids is 1. The number of thiophene rings is 1. The summed E-state index contributed by atoms with van der Waals surface area (Å²) >= 11 is 3.17. The molecule has 4 aromatic heterocycles. The first-order chi connectivity index (χ1) is 12.3. The Hall–Kier alpha value is -2.52. The van der Waals surface area contributed by atoms with Crippen molar-refractivity contribution in [3.05, 3.63) is 46.2 Å². The van der Waals surface area contributed by atoms with Gasteiger partial charge in [0.05, 0.1) is 5.69 Å². The predicted molar refractivity (Wildman–Crippen MR) is 95.7 cm³/mol. The minimum absolute atomic E-state index is 0.0312. The van der Waals surface area contributed by atoms with Crippen molar-refractivity contribution in [2.75, 3.05) is 6.54 Å². The average molecular weight is 373 g/mol. The van der Waals surface area contributed by atoms with Gasteiger partial charge in [-0.25, -0.2) is 4.98 Å². The van der Waals surface area contributed by atoms with Gasteiger partial charge in [0.25, 0.3) is 0 Å². The molecule has 9 heteroatoms. The van der Waals surface area contributed by atoms with Crippen LogP contribution in [0, 0.1) is 0 Å². The van der Waals surface area contributed by atoms with E-state index >= 15 is 0 Å². The van der Waals surface area contributed by atoms with Crippen LogP contribution >= 0.6 is 22.7 Å². The van der Waals surface area contributed by atoms with Gasteiger partial charge in [-0.3, -0.25) is 9.20 Å². The Kier molecular flexibility index (Phi) is 4.57. The van der Waals surface area contributed by atoms with Crippen molar-refractivity contribution in [1.82, 2.24) is 24.9 Å². The number of nitrogens with zero attached hydrogens (tertiary/aromatic N) is 4. The summed E-state index contributed by atoms with van der Waals surface area (Å²) in [5.74, 6) is 0.943. The smallest absolute Gasteiger partial charge is 0.248 e. The van der Waals surface area contributed by atoms with Crippen LogP contribution in [-0.4, -0.2) is 32.0 Å². The highest BCUT2D eigenvalue weighted by Gasteiger charge is 2.11. The second-order valence-corrected chi connectivity index (χ2v) is 7.09. The summed E-state index contributed by atoms with van der Waals surface area (Å²) in [5.41, 5.74) is 1.89. The minimum atomic E-state index is -0.0312. The van der Waals surface area contributed by atoms with Crippen molar-refractivity contribution in [3.8, 4) is 11.5 Å². The highest BCUT2D eigenvalue weighted by Crippen LogP contribution is 2.20. The second-order valence-electron chi connectivity index (χ2n) is 5.44. The Morgan fingerprint density at radius 3 is 3.08 bits per heavy atom. The molecule has 0 aliphatic rings. The van der Waals surface area contributed by atoms with Gasteiger partial charge in [-0.05, 0) is 11.4 Å². The van der Waals surface area contributed by atoms with Crippen LogP contribution in [0.2, 0.25) is 0 Å². The monoisotopic (exact) mass is 373 g/mol. The van der Waals surface area contributed by atoms with E-state index in [4.69, 9.17) is 4.42 Å². The molecule has 7 nitrogen and oxygen atoms in total. The molecular formula is C16H15N5O2S2. The number of fused-ring (bicyclic) bond motifs is 1. The van der Waals surface area contributed by atoms with Crippen LogP contribution in [0.5, 0.6) is 0 Å². The van der Waals surface area contributed by atoms with Crippen LogP contribution in [0.25, 0.3) is 16.4 Å². The zero-order chi connectivity index (χ0) is 17.1. The lowest BCUT2D eigenvalue weighted by molar-refractivity contribution is -0.121. The van der Waals surface area contributed by atoms with Crippen LogP contribution in [-0.2, 0) is 17.6 Å². The van der Waals surface area contributed by atoms with E-state index in [1.165, 1.54) is 0 Å². The fourth-order valence-electron chi connectivity index (χ4n) is 2.39. The zero-order valence-corrected chi connectivity index (χ0v) is 14.8. The molecule has 4 heterocycles. The molecule has 0 fully saturated rings. The third kappa shape index (κ3) is 3.77. The first kappa shape index (κ1) is 16.0. The molecule has 128 valence electrons. The van der Waals surface area contributed by atoms with Crippen LogP contribution < -0.4 is 5.32 Å². The quantitative estimate of drug-likeness (QED) is 0.538. The van der Waals surface area contributed by atoms with Gasteiger partial charge in [0.15, 0.2) is 4.96 Å². The molecule has 0 unspecified atom stereocenters. The van der Waals surface area contributed by atoms with E-state index in [2.05, 4.69) is 20.5 Å². The highest BCUT2D eigenvalue weighted by molar-refractivity contribution is 7.15. The largest absolute Gasteiger partial charge is 0.421 e. The molecule has 0 aliphatic carbocycles. The van der Waals surface area contributed by atoms with Crippen LogP contribution in [0.1, 0.15) is 18.0 Å². The molecule has 1 N–H and O–H groups in total. The van der Waals surface area contributed by atoms with Gasteiger partial charge in [0.2, 0.25) is 17.7 Å². The number of nitrogens with one attached hydrogen (secondary N) is 1. The first-order valence-electron chi connectivity index (χ1n) is 7.80. The standard InChI is InChI=1S/C16H15N5O2S2/c22-13(17-5-3-12-9-21-6-8-25-16(21)18-12)1-2-14-19-20-15(23-14)11-4-7-24-10-11/h4,6-10H,1-3,5H2,(H,17,22). The predicted octanol–water partition coefficient (Wildman–Crippen LogP) is 2.80. The third-order valence-electron chi connectivity index (χ3n) is 3.65. The molecule has 4 aromatic rings. The first-order valence-corrected chi connectivity index (χ1v) is 9.63. The summed E-state index contributed by atoms with van der Waals surface area (Å²) in [6, 6.07) is 1.93. The lowest BCUT2D eigenvalue weighted by Gasteiger charge is -2.02. The summed E-state index contributed by atoms with van der Waals surface area (Å²) in [5, 5.41) is 16.8. The van der Waals surface area contributed by atoms with Gasteiger partial charge in [0, 0.05) is 54.5 Å². The Morgan fingerprint density at radius 1 is 1.28 bits per heavy atom. The minimum Gasteiger partial charge on any atom is -0.421 e. The Morgan fingerprint density at radius 2 is 2.24 bits per heavy atom. The maximum atomic E-state index is 11.9. The molecule has 0 aliphatic heterocycles. The molecule has 0 aromatic carbocycles. The van der Waals surface area contributed by atoms with Crippen molar-refractivity contribution < 1.29 is 9.21 Å². The normalized spacial score (nSPS) is 11.2. The van der Waals surface area contributed by atoms with Crippen molar-refractivity contribution >= 4 is 33.5 Å². The van der Waals surface area contributed by atoms with Crippen molar-refractivity contribution in [1.29, 1.82) is 0 Å². The third-order valence-corrected chi connectivity index (χ3v) is 5.10. The maximum Gasteiger partial charge on any atom is 0.248 e. The van der Waals surface area contributed by atoms with Gasteiger partial charge >= 0.3 is 0 Å². The van der Waals surface area contributed by atoms with E-state index in [0.29, 0.717) is 37.6 Å². The Balaban J connectivity index is 1.22. The van der Waals surface area contributed by atoms with Gasteiger partial charge < -0.3 is 9.73 Å². The van der Waals surface area contributed by atoms with Gasteiger partial charge in [-0.1, -0.05) is 0 Å². The molecule has 25 heavy (non-hydrogen) atoms. The second kappa shape index (κ2) is 7.16. The topological polar surface area (TPSA) is 85.3 Å². The number of aromatic nitrogens is 4. The molecule has 0 bridgehead atoms. The number of thiazole rings is 1. The molecule has 0 radical (unpaired) electrons. The lowest BCUT2D eigenvalue weighted by Crippen LogP contribution is -2.26. The molecule has 0 saturated carbocycles. The van der Waals surface area contributed by atoms with Crippen molar-refractivity contribution in [2.24, 2.45) is 0 Å². The van der Waals surface area contributed by atoms with Crippen molar-refractivity contribution in [2.45, 2.75) is 19.3 Å². The summed E-state index contributed by atoms with van der Waals surface area (Å²) in [6.45, 7) is 0.563. The summed E-state index contributed by atoms with van der Waals surface area (Å²) in [7, 11) is 0. The van der Waals surface area contributed by atoms with E-state index in [0.717, 1.165) is 16.2 Å². The summed E-state index contributed by atoms with van der Waals surface area (Å²) in [4.78, 5) is 17.4. The molecule has 0 saturated heterocycles. The molecule has 0 spiro atoms. The van der Waals surface area contributed by atoms with E-state index in [1.807, 2.05) is 39.0 Å². The van der Waals surface area contributed by atoms with E-state index < -0.39 is 0 Å². The fraction of sp³-hybridized carbons (Fsp3) is 0.250. The van der Waals surface area contributed by atoms with Gasteiger partial charge in [0.1, 0.15) is 0 Å². The van der Waals surface area contributed by atoms with E-state index in [1.54, 1.807) is 22.7 Å². The van der Waals surface area contributed by atoms with Crippen LogP contribution in [0.15, 0.2) is 39.0 Å². The lowest BCUT2D eigenvalue weighted by atomic mass is 10.3. The van der Waals surface area contributed by atoms with E-state index in [-0.39, 0.29) is 5.91 Å². The average Bonchev–Trinajstić information content (AvgIpc) is 3.35. The highest BCUT2D eigenvalue weighted by atomic mass is 32.1. The van der Waals surface area contributed by atoms with Crippen LogP contribution in [0.3, 0.4) is 0 Å². The van der Waals surface area contributed by atoms with E-state index in [9.17, 15) is 4.79 Å². The summed E-state index contributed by atoms with van der Waals surface area (Å²) in [6.07, 6.45) is 5.43. The Labute approximate surface area is 151 Å². The number of amides is 1. The number of aryl methyl sites for hydroxylation is 1. The number of rotatable bonds is 7. The molecular weight excluding hydrogens is 358 g/mol. The van der Waals surface area contributed by atoms with Crippen molar-refractivity contribution in [3.63, 3.8) is 0 Å². The fourth-order valence-corrected chi connectivity index (χ4v) is 3.74. The van der Waals surface area contributed by atoms with Gasteiger partial charge in [-0.2, -0.15) is 11.3 Å². The molecule has 0 atom stereocenters. The zero-order valence-electron chi connectivity index (χ0n) is 13.2.